The van der Waals surface area contributed by atoms with Crippen molar-refractivity contribution in [2.75, 3.05) is 51.9 Å². The molecule has 0 spiro atoms. The number of imidazole rings is 1. The maximum Gasteiger partial charge on any atom is 0.472 e. The van der Waals surface area contributed by atoms with Gasteiger partial charge < -0.3 is 55.6 Å². The maximum atomic E-state index is 14.1. The number of aromatic nitrogens is 6. The third-order valence-electron chi connectivity index (χ3n) is 18.1. The number of amides is 1. The van der Waals surface area contributed by atoms with Crippen molar-refractivity contribution >= 4 is 79.1 Å². The molecule has 11 N–H and O–H groups in total. The van der Waals surface area contributed by atoms with Gasteiger partial charge in [-0.3, -0.25) is 50.8 Å². The predicted octanol–water partition coefficient (Wildman–Crippen LogP) is 4.27. The van der Waals surface area contributed by atoms with Crippen molar-refractivity contribution in [1.82, 2.24) is 44.4 Å². The Bertz CT molecular complexity index is 4680. The topological polar surface area (TPSA) is 477 Å². The molecule has 2 saturated heterocycles. The highest BCUT2D eigenvalue weighted by Crippen LogP contribution is 2.60. The number of H-pyrrole nitrogens is 1. The number of hydrogen-bond acceptors (Lipinski definition) is 27. The van der Waals surface area contributed by atoms with Gasteiger partial charge in [-0.2, -0.15) is 15.2 Å². The fourth-order valence-corrected chi connectivity index (χ4v) is 17.2. The van der Waals surface area contributed by atoms with Gasteiger partial charge in [0.2, 0.25) is 10.0 Å². The van der Waals surface area contributed by atoms with E-state index in [4.69, 9.17) is 57.6 Å². The van der Waals surface area contributed by atoms with Crippen LogP contribution >= 0.6 is 23.5 Å². The molecule has 4 aromatic heterocycles. The number of fused-ring (bicyclic) bond motifs is 7. The van der Waals surface area contributed by atoms with E-state index in [0.717, 1.165) is 21.0 Å². The van der Waals surface area contributed by atoms with Gasteiger partial charge in [0.15, 0.2) is 17.6 Å². The minimum Gasteiger partial charge on any atom is -0.467 e. The highest BCUT2D eigenvalue weighted by molar-refractivity contribution is 7.89. The summed E-state index contributed by atoms with van der Waals surface area (Å²) in [4.78, 5) is 94.5. The molecule has 4 aliphatic heterocycles. The standard InChI is InChI=1S/C60H70N15O20P3S/c1-32-26-74(60(78)70-57(32)76)47-24-43(95-98(83,84)91-30-46-44(94-97(81,82)89-28-40-6-4-19-87-40)25-48(93-46)75-31-66-53-54(61)68-59(62)69-56(53)75)45(92-47)29-90-96(79,80)88-27-38-20-37-23-42(38)50-49(37)52(55-63-15-5-16-64-55)72-71-51(50)33-7-9-34(10-8-33)58(77)65-17-18-67-99(85,86)41-14-12-35-21-39(73(2)3)13-11-36(35)22-41/h4-16,19,21-22,26,31,37-38,42-50,54,67H,17-18,20,23-25,27-30,61H2,1-3H3,(H,65,77)(H,79,80)(H,81,82)(H,83,84)(H3,62,68,69)(H,70,76,78)/t37?,38?,42?,43?,44?,45-,46-,47-,48-,49?,50?,54?/m1/s1. The molecule has 526 valence electrons. The number of aromatic amines is 1. The van der Waals surface area contributed by atoms with E-state index in [1.807, 2.05) is 37.2 Å². The van der Waals surface area contributed by atoms with Crippen LogP contribution in [0.15, 0.2) is 144 Å². The number of aryl methyl sites for hydroxylation is 1. The molecule has 35 nitrogen and oxygen atoms in total. The molecule has 99 heavy (non-hydrogen) atoms. The van der Waals surface area contributed by atoms with E-state index < -0.39 is 120 Å². The third kappa shape index (κ3) is 15.4. The molecule has 11 unspecified atom stereocenters. The van der Waals surface area contributed by atoms with Gasteiger partial charge in [-0.25, -0.2) is 46.6 Å². The number of nitrogens with two attached hydrogens (primary N) is 2. The first kappa shape index (κ1) is 69.6. The maximum absolute atomic E-state index is 14.1. The van der Waals surface area contributed by atoms with E-state index in [0.29, 0.717) is 41.2 Å². The van der Waals surface area contributed by atoms with E-state index in [2.05, 4.69) is 45.4 Å². The van der Waals surface area contributed by atoms with E-state index in [1.54, 1.807) is 60.9 Å². The molecule has 39 heteroatoms. The van der Waals surface area contributed by atoms with Gasteiger partial charge in [-0.05, 0) is 108 Å². The fourth-order valence-electron chi connectivity index (χ4n) is 13.4. The monoisotopic (exact) mass is 1450 g/mol. The lowest BCUT2D eigenvalue weighted by Crippen LogP contribution is -2.42. The van der Waals surface area contributed by atoms with Gasteiger partial charge in [0, 0.05) is 87.3 Å². The molecule has 8 heterocycles. The van der Waals surface area contributed by atoms with E-state index in [1.165, 1.54) is 42.4 Å². The summed E-state index contributed by atoms with van der Waals surface area (Å²) < 4.78 is 124. The van der Waals surface area contributed by atoms with Crippen molar-refractivity contribution in [3.8, 4) is 0 Å². The Morgan fingerprint density at radius 3 is 2.15 bits per heavy atom. The summed E-state index contributed by atoms with van der Waals surface area (Å²) in [6.07, 6.45) is -1.46. The number of benzene rings is 3. The molecule has 4 fully saturated rings. The molecule has 2 saturated carbocycles. The lowest BCUT2D eigenvalue weighted by atomic mass is 9.68. The summed E-state index contributed by atoms with van der Waals surface area (Å²) in [6, 6.07) is 22.1. The van der Waals surface area contributed by atoms with Crippen LogP contribution in [0.2, 0.25) is 0 Å². The number of hydrogen-bond donors (Lipinski definition) is 9. The Balaban J connectivity index is 0.660. The number of nitrogens with one attached hydrogen (secondary N) is 4. The zero-order valence-corrected chi connectivity index (χ0v) is 56.6. The largest absolute Gasteiger partial charge is 0.472 e. The first-order valence-electron chi connectivity index (χ1n) is 31.3. The average molecular weight is 1450 g/mol. The molecule has 2 bridgehead atoms. The van der Waals surface area contributed by atoms with Crippen LogP contribution in [0.1, 0.15) is 83.1 Å². The second-order valence-corrected chi connectivity index (χ2v) is 30.7. The van der Waals surface area contributed by atoms with Crippen LogP contribution in [-0.2, 0) is 66.9 Å². The van der Waals surface area contributed by atoms with Crippen molar-refractivity contribution in [2.45, 2.75) is 87.1 Å². The lowest BCUT2D eigenvalue weighted by Gasteiger charge is -2.38. The van der Waals surface area contributed by atoms with Crippen molar-refractivity contribution in [1.29, 1.82) is 0 Å². The number of phosphoric acid groups is 3. The molecule has 7 aromatic rings. The second kappa shape index (κ2) is 28.3. The zero-order valence-electron chi connectivity index (χ0n) is 53.1. The Kier molecular flexibility index (Phi) is 19.9. The van der Waals surface area contributed by atoms with Gasteiger partial charge in [-0.1, -0.05) is 24.3 Å². The van der Waals surface area contributed by atoms with Gasteiger partial charge in [0.1, 0.15) is 66.8 Å². The van der Waals surface area contributed by atoms with Crippen LogP contribution in [0.3, 0.4) is 0 Å². The number of phosphoric ester groups is 3. The number of sulfonamides is 1. The number of guanidine groups is 1. The number of ether oxygens (including phenoxy) is 2. The number of carbonyl (C=O) groups excluding carboxylic acids is 1. The number of furan rings is 1. The quantitative estimate of drug-likeness (QED) is 0.0256. The minimum absolute atomic E-state index is 0.00988. The summed E-state index contributed by atoms with van der Waals surface area (Å²) in [5.74, 6) is -0.827. The first-order valence-corrected chi connectivity index (χ1v) is 37.2. The predicted molar refractivity (Wildman–Crippen MR) is 351 cm³/mol. The molecule has 0 radical (unpaired) electrons. The third-order valence-corrected chi connectivity index (χ3v) is 22.5. The minimum atomic E-state index is -5.31. The Morgan fingerprint density at radius 2 is 1.44 bits per heavy atom. The van der Waals surface area contributed by atoms with Crippen LogP contribution in [-0.4, -0.2) is 147 Å². The highest BCUT2D eigenvalue weighted by Gasteiger charge is 2.58. The van der Waals surface area contributed by atoms with Crippen molar-refractivity contribution < 1.29 is 82.6 Å². The molecule has 3 aromatic carbocycles. The number of carbonyl (C=O) groups is 1. The van der Waals surface area contributed by atoms with Crippen LogP contribution < -0.4 is 43.0 Å². The Labute approximate surface area is 563 Å². The van der Waals surface area contributed by atoms with E-state index >= 15 is 0 Å². The van der Waals surface area contributed by atoms with Crippen LogP contribution in [0.25, 0.3) is 10.8 Å². The SMILES string of the molecule is Cc1cn([C@H]2CC(OP(=O)(O)OC[C@H]3O[C@@H](n4cnc5c4N=C(N)NC5N)CC3OP(=O)(O)OCc3ccco3)[C@@H](COP(=O)(O)OCC3CC4CC3C3C(c5ccc(C(=O)NCCNS(=O)(=O)c6ccc7cc(N(C)C)ccc7c6)cc5)=NN=C(c5ncccn5)C43)O2)c(=O)[nH]c1=O. The zero-order chi connectivity index (χ0) is 69.7. The molecular weight excluding hydrogens is 1380 g/mol. The van der Waals surface area contributed by atoms with Crippen molar-refractivity contribution in [3.05, 3.63) is 165 Å². The lowest BCUT2D eigenvalue weighted by molar-refractivity contribution is -0.0572. The van der Waals surface area contributed by atoms with Gasteiger partial charge in [-0.15, -0.1) is 0 Å². The van der Waals surface area contributed by atoms with Crippen LogP contribution in [0, 0.1) is 36.5 Å². The average Bonchev–Trinajstić information content (AvgIpc) is 1.57. The van der Waals surface area contributed by atoms with Crippen molar-refractivity contribution in [3.63, 3.8) is 0 Å². The molecular formula is C60H70N15O20P3S. The molecule has 6 aliphatic rings. The molecule has 2 aliphatic carbocycles. The summed E-state index contributed by atoms with van der Waals surface area (Å²) >= 11 is 0. The Morgan fingerprint density at radius 1 is 0.778 bits per heavy atom. The summed E-state index contributed by atoms with van der Waals surface area (Å²) in [6.45, 7) is -1.07. The first-order chi connectivity index (χ1) is 47.2. The number of nitrogens with zero attached hydrogens (tertiary/aromatic N) is 9. The second-order valence-electron chi connectivity index (χ2n) is 24.7. The fraction of sp³-hybridized carbons (Fsp3) is 0.417. The summed E-state index contributed by atoms with van der Waals surface area (Å²) in [5, 5.41) is 16.6. The van der Waals surface area contributed by atoms with Gasteiger partial charge >= 0.3 is 29.2 Å². The molecule has 13 rings (SSSR count). The van der Waals surface area contributed by atoms with Crippen LogP contribution in [0.5, 0.6) is 0 Å². The van der Waals surface area contributed by atoms with Gasteiger partial charge in [0.05, 0.1) is 43.0 Å². The number of anilines is 1. The van der Waals surface area contributed by atoms with Crippen LogP contribution in [0.4, 0.5) is 11.5 Å². The molecule has 15 atom stereocenters. The summed E-state index contributed by atoms with van der Waals surface area (Å²) in [7, 11) is -15.3. The number of aliphatic imine (C=N–C) groups is 1. The van der Waals surface area contributed by atoms with Gasteiger partial charge in [0.25, 0.3) is 11.5 Å². The normalized spacial score (nSPS) is 26.7. The van der Waals surface area contributed by atoms with Crippen molar-refractivity contribution in [2.24, 2.45) is 56.3 Å². The van der Waals surface area contributed by atoms with E-state index in [9.17, 15) is 51.2 Å². The Hall–Kier alpha value is -7.83. The smallest absolute Gasteiger partial charge is 0.467 e. The van der Waals surface area contributed by atoms with E-state index in [-0.39, 0.29) is 89.4 Å². The highest BCUT2D eigenvalue weighted by atomic mass is 32.2. The number of rotatable bonds is 27. The summed E-state index contributed by atoms with van der Waals surface area (Å²) in [5.41, 5.74) is 14.0. The molecule has 1 amide bonds.